The maximum absolute atomic E-state index is 10.5. The molecule has 2 aliphatic rings. The van der Waals surface area contributed by atoms with Gasteiger partial charge in [0.1, 0.15) is 12.2 Å². The van der Waals surface area contributed by atoms with Gasteiger partial charge >= 0.3 is 0 Å². The van der Waals surface area contributed by atoms with Gasteiger partial charge in [-0.15, -0.1) is 6.58 Å². The highest BCUT2D eigenvalue weighted by molar-refractivity contribution is 5.13. The Morgan fingerprint density at radius 1 is 1.35 bits per heavy atom. The fourth-order valence-electron chi connectivity index (χ4n) is 2.88. The van der Waals surface area contributed by atoms with Gasteiger partial charge in [-0.25, -0.2) is 0 Å². The van der Waals surface area contributed by atoms with Crippen LogP contribution >= 0.6 is 0 Å². The summed E-state index contributed by atoms with van der Waals surface area (Å²) in [4.78, 5) is 0. The molecule has 20 heavy (non-hydrogen) atoms. The van der Waals surface area contributed by atoms with E-state index in [9.17, 15) is 5.11 Å². The molecule has 4 nitrogen and oxygen atoms in total. The number of hydrogen-bond donors (Lipinski definition) is 1. The van der Waals surface area contributed by atoms with Crippen molar-refractivity contribution >= 4 is 0 Å². The Kier molecular flexibility index (Phi) is 4.17. The Morgan fingerprint density at radius 3 is 2.90 bits per heavy atom. The Hall–Kier alpha value is -1.20. The smallest absolute Gasteiger partial charge is 0.163 e. The van der Waals surface area contributed by atoms with Crippen molar-refractivity contribution in [2.24, 2.45) is 5.92 Å². The second-order valence-electron chi connectivity index (χ2n) is 5.32. The predicted molar refractivity (Wildman–Crippen MR) is 73.9 cm³/mol. The minimum Gasteiger partial charge on any atom is -0.390 e. The molecule has 5 atom stereocenters. The molecule has 1 N–H and O–H groups in total. The molecule has 0 spiro atoms. The third-order valence-electron chi connectivity index (χ3n) is 3.95. The second kappa shape index (κ2) is 6.06. The number of benzene rings is 1. The average Bonchev–Trinajstić information content (AvgIpc) is 2.90. The van der Waals surface area contributed by atoms with E-state index in [-0.39, 0.29) is 24.4 Å². The van der Waals surface area contributed by atoms with E-state index >= 15 is 0 Å². The van der Waals surface area contributed by atoms with Gasteiger partial charge in [0, 0.05) is 5.92 Å². The summed E-state index contributed by atoms with van der Waals surface area (Å²) in [6, 6.07) is 9.93. The SMILES string of the molecule is C=CC[C@H]1[C@@H]2OC[C@@H](O2)[C@@H](OCc2ccccc2)[C@@H]1O. The Morgan fingerprint density at radius 2 is 2.15 bits per heavy atom. The van der Waals surface area contributed by atoms with Gasteiger partial charge in [0.2, 0.25) is 0 Å². The number of allylic oxidation sites excluding steroid dienone is 1. The Bertz CT molecular complexity index is 447. The molecule has 1 aromatic carbocycles. The molecule has 0 aromatic heterocycles. The summed E-state index contributed by atoms with van der Waals surface area (Å²) >= 11 is 0. The Balaban J connectivity index is 1.66. The zero-order valence-electron chi connectivity index (χ0n) is 11.4. The fourth-order valence-corrected chi connectivity index (χ4v) is 2.88. The normalized spacial score (nSPS) is 36.0. The van der Waals surface area contributed by atoms with Crippen LogP contribution < -0.4 is 0 Å². The minimum absolute atomic E-state index is 0.105. The molecule has 2 bridgehead atoms. The maximum atomic E-state index is 10.5. The lowest BCUT2D eigenvalue weighted by Crippen LogP contribution is -2.51. The summed E-state index contributed by atoms with van der Waals surface area (Å²) in [6.45, 7) is 4.67. The first-order valence-electron chi connectivity index (χ1n) is 7.01. The first-order chi connectivity index (χ1) is 9.79. The lowest BCUT2D eigenvalue weighted by Gasteiger charge is -2.37. The number of rotatable bonds is 5. The summed E-state index contributed by atoms with van der Waals surface area (Å²) in [5.74, 6) is -0.105. The zero-order chi connectivity index (χ0) is 13.9. The van der Waals surface area contributed by atoms with Gasteiger partial charge in [-0.1, -0.05) is 36.4 Å². The third-order valence-corrected chi connectivity index (χ3v) is 3.95. The third kappa shape index (κ3) is 2.65. The molecule has 0 amide bonds. The summed E-state index contributed by atoms with van der Waals surface area (Å²) in [5, 5.41) is 10.5. The number of aliphatic hydroxyl groups is 1. The standard InChI is InChI=1S/C16H20O4/c1-2-6-12-14(17)15(13-10-19-16(12)20-13)18-9-11-7-4-3-5-8-11/h2-5,7-8,12-17H,1,6,9-10H2/t12-,13-,14-,15-,16-/m1/s1. The zero-order valence-corrected chi connectivity index (χ0v) is 11.4. The molecule has 4 heteroatoms. The molecule has 0 aliphatic carbocycles. The van der Waals surface area contributed by atoms with E-state index in [0.29, 0.717) is 19.6 Å². The lowest BCUT2D eigenvalue weighted by atomic mass is 9.90. The van der Waals surface area contributed by atoms with Crippen molar-refractivity contribution in [3.63, 3.8) is 0 Å². The molecule has 2 saturated heterocycles. The van der Waals surface area contributed by atoms with Gasteiger partial charge in [0.15, 0.2) is 6.29 Å². The van der Waals surface area contributed by atoms with E-state index < -0.39 is 6.10 Å². The summed E-state index contributed by atoms with van der Waals surface area (Å²) in [5.41, 5.74) is 1.08. The molecular weight excluding hydrogens is 256 g/mol. The molecule has 108 valence electrons. The summed E-state index contributed by atoms with van der Waals surface area (Å²) in [7, 11) is 0. The van der Waals surface area contributed by atoms with Crippen LogP contribution in [-0.4, -0.2) is 36.3 Å². The highest BCUT2D eigenvalue weighted by Gasteiger charge is 2.50. The number of hydrogen-bond acceptors (Lipinski definition) is 4. The quantitative estimate of drug-likeness (QED) is 0.834. The van der Waals surface area contributed by atoms with Crippen LogP contribution in [0.4, 0.5) is 0 Å². The number of aliphatic hydroxyl groups excluding tert-OH is 1. The highest BCUT2D eigenvalue weighted by Crippen LogP contribution is 2.36. The van der Waals surface area contributed by atoms with Crippen molar-refractivity contribution in [3.05, 3.63) is 48.6 Å². The second-order valence-corrected chi connectivity index (χ2v) is 5.32. The van der Waals surface area contributed by atoms with Crippen molar-refractivity contribution in [2.75, 3.05) is 6.61 Å². The van der Waals surface area contributed by atoms with E-state index in [1.807, 2.05) is 30.3 Å². The van der Waals surface area contributed by atoms with Crippen LogP contribution in [0, 0.1) is 5.92 Å². The van der Waals surface area contributed by atoms with Gasteiger partial charge < -0.3 is 19.3 Å². The van der Waals surface area contributed by atoms with Gasteiger partial charge in [-0.3, -0.25) is 0 Å². The topological polar surface area (TPSA) is 47.9 Å². The largest absolute Gasteiger partial charge is 0.390 e. The van der Waals surface area contributed by atoms with Gasteiger partial charge in [0.25, 0.3) is 0 Å². The van der Waals surface area contributed by atoms with Gasteiger partial charge in [-0.2, -0.15) is 0 Å². The molecule has 3 rings (SSSR count). The highest BCUT2D eigenvalue weighted by atomic mass is 16.7. The van der Waals surface area contributed by atoms with Crippen LogP contribution in [0.5, 0.6) is 0 Å². The molecule has 2 fully saturated rings. The first-order valence-corrected chi connectivity index (χ1v) is 7.01. The summed E-state index contributed by atoms with van der Waals surface area (Å²) in [6.07, 6.45) is 1.00. The van der Waals surface area contributed by atoms with E-state index in [4.69, 9.17) is 14.2 Å². The molecule has 0 saturated carbocycles. The molecule has 2 heterocycles. The van der Waals surface area contributed by atoms with Crippen molar-refractivity contribution < 1.29 is 19.3 Å². The maximum Gasteiger partial charge on any atom is 0.163 e. The first kappa shape index (κ1) is 13.8. The monoisotopic (exact) mass is 276 g/mol. The van der Waals surface area contributed by atoms with Crippen LogP contribution in [0.3, 0.4) is 0 Å². The molecule has 2 aliphatic heterocycles. The van der Waals surface area contributed by atoms with Gasteiger partial charge in [0.05, 0.1) is 19.3 Å². The van der Waals surface area contributed by atoms with Crippen LogP contribution in [0.25, 0.3) is 0 Å². The summed E-state index contributed by atoms with van der Waals surface area (Å²) < 4.78 is 17.3. The van der Waals surface area contributed by atoms with Crippen LogP contribution in [0.1, 0.15) is 12.0 Å². The van der Waals surface area contributed by atoms with Crippen LogP contribution in [0.15, 0.2) is 43.0 Å². The molecule has 0 unspecified atom stereocenters. The number of ether oxygens (including phenoxy) is 3. The molecule has 1 aromatic rings. The van der Waals surface area contributed by atoms with Crippen molar-refractivity contribution in [3.8, 4) is 0 Å². The minimum atomic E-state index is -0.581. The van der Waals surface area contributed by atoms with E-state index in [1.165, 1.54) is 0 Å². The number of fused-ring (bicyclic) bond motifs is 2. The van der Waals surface area contributed by atoms with E-state index in [2.05, 4.69) is 6.58 Å². The lowest BCUT2D eigenvalue weighted by molar-refractivity contribution is -0.217. The molecular formula is C16H20O4. The van der Waals surface area contributed by atoms with Crippen molar-refractivity contribution in [2.45, 2.75) is 37.6 Å². The predicted octanol–water partition coefficient (Wildman–Crippen LogP) is 1.88. The Labute approximate surface area is 119 Å². The molecule has 0 radical (unpaired) electrons. The van der Waals surface area contributed by atoms with E-state index in [0.717, 1.165) is 5.56 Å². The average molecular weight is 276 g/mol. The van der Waals surface area contributed by atoms with E-state index in [1.54, 1.807) is 6.08 Å². The van der Waals surface area contributed by atoms with Crippen molar-refractivity contribution in [1.29, 1.82) is 0 Å². The van der Waals surface area contributed by atoms with Gasteiger partial charge in [-0.05, 0) is 12.0 Å². The van der Waals surface area contributed by atoms with Crippen LogP contribution in [0.2, 0.25) is 0 Å². The fraction of sp³-hybridized carbons (Fsp3) is 0.500. The van der Waals surface area contributed by atoms with Crippen molar-refractivity contribution in [1.82, 2.24) is 0 Å². The van der Waals surface area contributed by atoms with Crippen LogP contribution in [-0.2, 0) is 20.8 Å².